The van der Waals surface area contributed by atoms with Crippen molar-refractivity contribution in [3.8, 4) is 0 Å². The molecule has 0 heterocycles. The summed E-state index contributed by atoms with van der Waals surface area (Å²) in [5.74, 6) is 0. The van der Waals surface area contributed by atoms with Crippen LogP contribution in [0, 0.1) is 0 Å². The minimum absolute atomic E-state index is 0. The van der Waals surface area contributed by atoms with Gasteiger partial charge in [0.05, 0.1) is 0 Å². The molecule has 2 aliphatic carbocycles. The summed E-state index contributed by atoms with van der Waals surface area (Å²) in [7, 11) is 2.39. The first kappa shape index (κ1) is 22.5. The van der Waals surface area contributed by atoms with Crippen LogP contribution >= 0.6 is 24.8 Å². The van der Waals surface area contributed by atoms with Crippen LogP contribution in [0.3, 0.4) is 0 Å². The Hall–Kier alpha value is 0.471. The Labute approximate surface area is 151 Å². The average Bonchev–Trinajstić information content (AvgIpc) is 2.92. The van der Waals surface area contributed by atoms with Gasteiger partial charge in [-0.05, 0) is 0 Å². The Morgan fingerprint density at radius 2 is 1.18 bits per heavy atom. The van der Waals surface area contributed by atoms with Crippen LogP contribution < -0.4 is 0 Å². The molecule has 0 aromatic rings. The van der Waals surface area contributed by atoms with E-state index in [4.69, 9.17) is 0 Å². The fourth-order valence-electron chi connectivity index (χ4n) is 4.27. The first-order valence-electron chi connectivity index (χ1n) is 8.08. The Kier molecular flexibility index (Phi) is 7.73. The Morgan fingerprint density at radius 1 is 0.864 bits per heavy atom. The van der Waals surface area contributed by atoms with E-state index < -0.39 is 14.0 Å². The molecule has 0 aromatic heterocycles. The maximum absolute atomic E-state index is 2.68. The van der Waals surface area contributed by atoms with Gasteiger partial charge in [0.25, 0.3) is 0 Å². The van der Waals surface area contributed by atoms with E-state index in [1.807, 2.05) is 7.76 Å². The van der Waals surface area contributed by atoms with Crippen LogP contribution in [0.25, 0.3) is 0 Å². The Balaban J connectivity index is 0.00000220. The first-order chi connectivity index (χ1) is 9.21. The number of hydrogen-bond donors (Lipinski definition) is 0. The summed E-state index contributed by atoms with van der Waals surface area (Å²) in [6, 6.07) is 0. The molecule has 0 atom stereocenters. The van der Waals surface area contributed by atoms with Gasteiger partial charge in [-0.1, -0.05) is 0 Å². The van der Waals surface area contributed by atoms with Crippen molar-refractivity contribution in [1.82, 2.24) is 0 Å². The predicted molar refractivity (Wildman–Crippen MR) is 106 cm³/mol. The molecule has 0 saturated carbocycles. The summed E-state index contributed by atoms with van der Waals surface area (Å²) >= 11 is -2.68. The van der Waals surface area contributed by atoms with Gasteiger partial charge in [-0.25, -0.2) is 0 Å². The van der Waals surface area contributed by atoms with E-state index in [-0.39, 0.29) is 24.8 Å². The summed E-state index contributed by atoms with van der Waals surface area (Å²) in [6.07, 6.45) is 9.81. The van der Waals surface area contributed by atoms with E-state index in [2.05, 4.69) is 57.9 Å². The molecule has 2 aliphatic rings. The molecule has 0 spiro atoms. The molecule has 22 heavy (non-hydrogen) atoms. The second-order valence-corrected chi connectivity index (χ2v) is 26.5. The zero-order valence-corrected chi connectivity index (χ0v) is 19.6. The van der Waals surface area contributed by atoms with Gasteiger partial charge in [0.2, 0.25) is 0 Å². The second kappa shape index (κ2) is 7.57. The normalized spacial score (nSPS) is 18.9. The molecule has 0 nitrogen and oxygen atoms in total. The molecule has 0 bridgehead atoms. The van der Waals surface area contributed by atoms with Gasteiger partial charge >= 0.3 is 128 Å². The largest absolute Gasteiger partial charge is 0.147 e. The molecule has 0 unspecified atom stereocenters. The van der Waals surface area contributed by atoms with Gasteiger partial charge < -0.3 is 0 Å². The van der Waals surface area contributed by atoms with Crippen molar-refractivity contribution in [2.75, 3.05) is 0 Å². The Morgan fingerprint density at radius 3 is 1.45 bits per heavy atom. The molecule has 0 aromatic carbocycles. The van der Waals surface area contributed by atoms with Gasteiger partial charge in [-0.2, -0.15) is 0 Å². The predicted octanol–water partition coefficient (Wildman–Crippen LogP) is 6.19. The third kappa shape index (κ3) is 3.59. The van der Waals surface area contributed by atoms with E-state index in [0.717, 1.165) is 0 Å². The summed E-state index contributed by atoms with van der Waals surface area (Å²) < 4.78 is 3.70. The van der Waals surface area contributed by atoms with Crippen LogP contribution in [-0.2, 0) is 14.0 Å². The number of halogens is 2. The fourth-order valence-corrected chi connectivity index (χ4v) is 14.3. The molecule has 0 N–H and O–H groups in total. The summed E-state index contributed by atoms with van der Waals surface area (Å²) in [6.45, 7) is 9.28. The van der Waals surface area contributed by atoms with E-state index in [1.165, 1.54) is 25.7 Å². The molecule has 0 saturated heterocycles. The zero-order chi connectivity index (χ0) is 15.2. The van der Waals surface area contributed by atoms with Crippen molar-refractivity contribution < 1.29 is 14.0 Å². The van der Waals surface area contributed by atoms with E-state index in [9.17, 15) is 0 Å². The smallest absolute Gasteiger partial charge is 0.147 e. The number of allylic oxidation sites excluding steroid dienone is 8. The number of hydrogen-bond acceptors (Lipinski definition) is 0. The van der Waals surface area contributed by atoms with Crippen LogP contribution in [0.15, 0.2) is 42.2 Å². The number of rotatable bonds is 4. The van der Waals surface area contributed by atoms with Crippen molar-refractivity contribution in [3.05, 3.63) is 42.2 Å². The van der Waals surface area contributed by atoms with Gasteiger partial charge in [-0.15, -0.1) is 24.8 Å². The van der Waals surface area contributed by atoms with Crippen molar-refractivity contribution in [2.45, 2.75) is 63.8 Å². The minimum atomic E-state index is -2.68. The van der Waals surface area contributed by atoms with Gasteiger partial charge in [0.1, 0.15) is 0 Å². The molecule has 0 radical (unpaired) electrons. The topological polar surface area (TPSA) is 0 Å². The minimum Gasteiger partial charge on any atom is -0.147 e. The van der Waals surface area contributed by atoms with Gasteiger partial charge in [0.15, 0.2) is 0 Å². The maximum atomic E-state index is 2.66. The molecular formula is C18H32Cl2SiTi. The average molecular weight is 395 g/mol. The van der Waals surface area contributed by atoms with Crippen LogP contribution in [0.1, 0.15) is 53.4 Å². The molecule has 0 amide bonds. The van der Waals surface area contributed by atoms with E-state index >= 15 is 0 Å². The summed E-state index contributed by atoms with van der Waals surface area (Å²) in [5.41, 5.74) is 6.48. The molecule has 0 aliphatic heterocycles. The van der Waals surface area contributed by atoms with Crippen molar-refractivity contribution in [1.29, 1.82) is 0 Å². The molecular weight excluding hydrogens is 363 g/mol. The van der Waals surface area contributed by atoms with Crippen LogP contribution in [0.4, 0.5) is 0 Å². The van der Waals surface area contributed by atoms with E-state index in [1.54, 1.807) is 22.3 Å². The third-order valence-electron chi connectivity index (χ3n) is 5.55. The zero-order valence-electron chi connectivity index (χ0n) is 15.0. The quantitative estimate of drug-likeness (QED) is 0.498. The summed E-state index contributed by atoms with van der Waals surface area (Å²) in [4.78, 5) is 0. The fraction of sp³-hybridized carbons (Fsp3) is 0.556. The van der Waals surface area contributed by atoms with Crippen molar-refractivity contribution in [2.24, 2.45) is 0 Å². The molecule has 0 fully saturated rings. The van der Waals surface area contributed by atoms with Crippen molar-refractivity contribution in [3.63, 3.8) is 0 Å². The van der Waals surface area contributed by atoms with Crippen LogP contribution in [0.2, 0.25) is 10.5 Å². The summed E-state index contributed by atoms with van der Waals surface area (Å²) in [5, 5.41) is 5.31. The SMILES string of the molecule is CCC1=[C]([Ti]([CH3])([CH3])(=[SiH2])[C]2=C(CC)C(C)=CC2)CC=C1C.Cl.Cl. The van der Waals surface area contributed by atoms with Gasteiger partial charge in [0, 0.05) is 0 Å². The first-order valence-corrected chi connectivity index (χ1v) is 16.8. The maximum Gasteiger partial charge on any atom is -0.147 e. The van der Waals surface area contributed by atoms with Crippen LogP contribution in [0.5, 0.6) is 0 Å². The van der Waals surface area contributed by atoms with E-state index in [0.29, 0.717) is 0 Å². The Bertz CT molecular complexity index is 592. The molecule has 126 valence electrons. The van der Waals surface area contributed by atoms with Crippen LogP contribution in [-0.4, -0.2) is 7.63 Å². The van der Waals surface area contributed by atoms with Gasteiger partial charge in [-0.3, -0.25) is 0 Å². The standard InChI is InChI=1S/2C8H11.2CH3.2ClH.H2Si.Ti/c2*1-3-8-6-4-5-7(8)2;;;;;;/h2*5H,3-4H2,1-2H3;2*1H3;2*1H;1H2;. The second-order valence-electron chi connectivity index (χ2n) is 7.49. The monoisotopic (exact) mass is 394 g/mol. The molecule has 4 heteroatoms. The molecule has 2 rings (SSSR count). The third-order valence-corrected chi connectivity index (χ3v) is 16.7. The van der Waals surface area contributed by atoms with Crippen molar-refractivity contribution >= 4 is 32.4 Å².